The number of ether oxygens (including phenoxy) is 1. The van der Waals surface area contributed by atoms with Crippen molar-refractivity contribution in [3.05, 3.63) is 22.4 Å². The second-order valence-corrected chi connectivity index (χ2v) is 5.05. The van der Waals surface area contributed by atoms with Crippen molar-refractivity contribution in [3.8, 4) is 0 Å². The molecule has 0 amide bonds. The molecule has 1 rings (SSSR count). The molecule has 19 heavy (non-hydrogen) atoms. The predicted octanol–water partition coefficient (Wildman–Crippen LogP) is 1.75. The minimum absolute atomic E-state index is 0.0662. The zero-order valence-electron chi connectivity index (χ0n) is 11.6. The molecule has 1 aromatic rings. The SMILES string of the molecule is CN=C(NCCC(=O)OC(C)C)NCc1ccsc1. The van der Waals surface area contributed by atoms with E-state index < -0.39 is 0 Å². The van der Waals surface area contributed by atoms with Gasteiger partial charge in [0.2, 0.25) is 0 Å². The van der Waals surface area contributed by atoms with E-state index in [0.29, 0.717) is 18.9 Å². The molecule has 2 N–H and O–H groups in total. The summed E-state index contributed by atoms with van der Waals surface area (Å²) in [5.41, 5.74) is 1.21. The van der Waals surface area contributed by atoms with E-state index in [9.17, 15) is 4.79 Å². The quantitative estimate of drug-likeness (QED) is 0.474. The third kappa shape index (κ3) is 6.81. The van der Waals surface area contributed by atoms with Gasteiger partial charge in [0.1, 0.15) is 0 Å². The summed E-state index contributed by atoms with van der Waals surface area (Å²) >= 11 is 1.66. The number of guanidine groups is 1. The minimum atomic E-state index is -0.198. The normalized spacial score (nSPS) is 11.5. The zero-order chi connectivity index (χ0) is 14.1. The second-order valence-electron chi connectivity index (χ2n) is 4.27. The number of aliphatic imine (C=N–C) groups is 1. The van der Waals surface area contributed by atoms with Crippen molar-refractivity contribution in [2.75, 3.05) is 13.6 Å². The Morgan fingerprint density at radius 3 is 2.84 bits per heavy atom. The van der Waals surface area contributed by atoms with Crippen LogP contribution in [0.1, 0.15) is 25.8 Å². The highest BCUT2D eigenvalue weighted by atomic mass is 32.1. The molecule has 0 aliphatic carbocycles. The van der Waals surface area contributed by atoms with Crippen LogP contribution < -0.4 is 10.6 Å². The average Bonchev–Trinajstić information content (AvgIpc) is 2.85. The van der Waals surface area contributed by atoms with Gasteiger partial charge >= 0.3 is 5.97 Å². The van der Waals surface area contributed by atoms with Gasteiger partial charge < -0.3 is 15.4 Å². The summed E-state index contributed by atoms with van der Waals surface area (Å²) in [6.07, 6.45) is 0.265. The smallest absolute Gasteiger partial charge is 0.307 e. The van der Waals surface area contributed by atoms with Crippen LogP contribution in [0, 0.1) is 0 Å². The van der Waals surface area contributed by atoms with Crippen LogP contribution in [0.15, 0.2) is 21.8 Å². The number of carbonyl (C=O) groups excluding carboxylic acids is 1. The molecule has 0 spiro atoms. The van der Waals surface area contributed by atoms with Gasteiger partial charge in [-0.1, -0.05) is 0 Å². The molecule has 0 fully saturated rings. The van der Waals surface area contributed by atoms with E-state index in [1.807, 2.05) is 19.2 Å². The summed E-state index contributed by atoms with van der Waals surface area (Å²) in [5.74, 6) is 0.485. The summed E-state index contributed by atoms with van der Waals surface area (Å²) in [7, 11) is 1.70. The van der Waals surface area contributed by atoms with Crippen molar-refractivity contribution in [3.63, 3.8) is 0 Å². The lowest BCUT2D eigenvalue weighted by Gasteiger charge is -2.12. The predicted molar refractivity (Wildman–Crippen MR) is 78.4 cm³/mol. The lowest BCUT2D eigenvalue weighted by molar-refractivity contribution is -0.147. The van der Waals surface area contributed by atoms with Crippen molar-refractivity contribution in [2.45, 2.75) is 32.9 Å². The van der Waals surface area contributed by atoms with Crippen LogP contribution in [0.4, 0.5) is 0 Å². The fraction of sp³-hybridized carbons (Fsp3) is 0.538. The molecular formula is C13H21N3O2S. The number of hydrogen-bond acceptors (Lipinski definition) is 4. The first-order chi connectivity index (χ1) is 9.11. The first-order valence-electron chi connectivity index (χ1n) is 6.27. The number of rotatable bonds is 6. The maximum atomic E-state index is 11.3. The first kappa shape index (κ1) is 15.5. The summed E-state index contributed by atoms with van der Waals surface area (Å²) in [6.45, 7) is 4.91. The van der Waals surface area contributed by atoms with Crippen LogP contribution in [-0.4, -0.2) is 31.6 Å². The molecular weight excluding hydrogens is 262 g/mol. The molecule has 0 aliphatic rings. The molecule has 5 nitrogen and oxygen atoms in total. The highest BCUT2D eigenvalue weighted by Crippen LogP contribution is 2.04. The van der Waals surface area contributed by atoms with Gasteiger partial charge in [0.05, 0.1) is 12.5 Å². The van der Waals surface area contributed by atoms with E-state index in [1.165, 1.54) is 5.56 Å². The van der Waals surface area contributed by atoms with Gasteiger partial charge in [-0.05, 0) is 36.2 Å². The van der Waals surface area contributed by atoms with E-state index in [0.717, 1.165) is 6.54 Å². The van der Waals surface area contributed by atoms with E-state index in [4.69, 9.17) is 4.74 Å². The maximum absolute atomic E-state index is 11.3. The third-order valence-corrected chi connectivity index (χ3v) is 2.98. The van der Waals surface area contributed by atoms with Gasteiger partial charge in [0.25, 0.3) is 0 Å². The molecule has 1 aromatic heterocycles. The molecule has 0 aliphatic heterocycles. The molecule has 0 aromatic carbocycles. The topological polar surface area (TPSA) is 62.7 Å². The largest absolute Gasteiger partial charge is 0.463 e. The molecule has 0 unspecified atom stereocenters. The number of esters is 1. The van der Waals surface area contributed by atoms with Crippen molar-refractivity contribution in [1.82, 2.24) is 10.6 Å². The Morgan fingerprint density at radius 1 is 1.47 bits per heavy atom. The Kier molecular flexibility index (Phi) is 6.95. The summed E-state index contributed by atoms with van der Waals surface area (Å²) in [6, 6.07) is 2.06. The standard InChI is InChI=1S/C13H21N3O2S/c1-10(2)18-12(17)4-6-15-13(14-3)16-8-11-5-7-19-9-11/h5,7,9-10H,4,6,8H2,1-3H3,(H2,14,15,16). The number of nitrogens with one attached hydrogen (secondary N) is 2. The van der Waals surface area contributed by atoms with Gasteiger partial charge in [-0.15, -0.1) is 0 Å². The molecule has 1 heterocycles. The van der Waals surface area contributed by atoms with Crippen molar-refractivity contribution in [1.29, 1.82) is 0 Å². The Morgan fingerprint density at radius 2 is 2.26 bits per heavy atom. The second kappa shape index (κ2) is 8.53. The highest BCUT2D eigenvalue weighted by Gasteiger charge is 2.05. The van der Waals surface area contributed by atoms with Crippen LogP contribution >= 0.6 is 11.3 Å². The van der Waals surface area contributed by atoms with Crippen molar-refractivity contribution in [2.24, 2.45) is 4.99 Å². The van der Waals surface area contributed by atoms with Crippen LogP contribution in [0.25, 0.3) is 0 Å². The fourth-order valence-electron chi connectivity index (χ4n) is 1.40. The number of carbonyl (C=O) groups is 1. The van der Waals surface area contributed by atoms with Gasteiger partial charge in [0, 0.05) is 20.1 Å². The molecule has 0 saturated carbocycles. The molecule has 0 radical (unpaired) electrons. The van der Waals surface area contributed by atoms with E-state index >= 15 is 0 Å². The van der Waals surface area contributed by atoms with Crippen LogP contribution in [0.5, 0.6) is 0 Å². The lowest BCUT2D eigenvalue weighted by atomic mass is 10.3. The minimum Gasteiger partial charge on any atom is -0.463 e. The Hall–Kier alpha value is -1.56. The molecule has 6 heteroatoms. The van der Waals surface area contributed by atoms with Gasteiger partial charge in [-0.3, -0.25) is 9.79 Å². The Labute approximate surface area is 118 Å². The summed E-state index contributed by atoms with van der Waals surface area (Å²) < 4.78 is 5.05. The van der Waals surface area contributed by atoms with E-state index in [-0.39, 0.29) is 12.1 Å². The number of thiophene rings is 1. The summed E-state index contributed by atoms with van der Waals surface area (Å²) in [4.78, 5) is 15.4. The lowest BCUT2D eigenvalue weighted by Crippen LogP contribution is -2.38. The molecule has 0 atom stereocenters. The molecule has 0 saturated heterocycles. The van der Waals surface area contributed by atoms with Crippen LogP contribution in [0.3, 0.4) is 0 Å². The number of nitrogens with zero attached hydrogens (tertiary/aromatic N) is 1. The van der Waals surface area contributed by atoms with Crippen molar-refractivity contribution >= 4 is 23.3 Å². The van der Waals surface area contributed by atoms with Crippen LogP contribution in [-0.2, 0) is 16.1 Å². The third-order valence-electron chi connectivity index (χ3n) is 2.25. The van der Waals surface area contributed by atoms with E-state index in [2.05, 4.69) is 27.1 Å². The monoisotopic (exact) mass is 283 g/mol. The van der Waals surface area contributed by atoms with Gasteiger partial charge in [0.15, 0.2) is 5.96 Å². The molecule has 106 valence electrons. The van der Waals surface area contributed by atoms with Crippen molar-refractivity contribution < 1.29 is 9.53 Å². The van der Waals surface area contributed by atoms with E-state index in [1.54, 1.807) is 18.4 Å². The van der Waals surface area contributed by atoms with Gasteiger partial charge in [-0.25, -0.2) is 0 Å². The van der Waals surface area contributed by atoms with Crippen LogP contribution in [0.2, 0.25) is 0 Å². The number of hydrogen-bond donors (Lipinski definition) is 2. The maximum Gasteiger partial charge on any atom is 0.307 e. The van der Waals surface area contributed by atoms with Gasteiger partial charge in [-0.2, -0.15) is 11.3 Å². The first-order valence-corrected chi connectivity index (χ1v) is 7.21. The highest BCUT2D eigenvalue weighted by molar-refractivity contribution is 7.07. The average molecular weight is 283 g/mol. The fourth-order valence-corrected chi connectivity index (χ4v) is 2.07. The Balaban J connectivity index is 2.20. The Bertz CT molecular complexity index is 402. The zero-order valence-corrected chi connectivity index (χ0v) is 12.4. The summed E-state index contributed by atoms with van der Waals surface area (Å²) in [5, 5.41) is 10.4. The molecule has 0 bridgehead atoms.